The van der Waals surface area contributed by atoms with E-state index in [1.165, 1.54) is 0 Å². The van der Waals surface area contributed by atoms with Crippen LogP contribution in [-0.2, 0) is 18.3 Å². The molecule has 1 unspecified atom stereocenters. The zero-order chi connectivity index (χ0) is 17.8. The van der Waals surface area contributed by atoms with Gasteiger partial charge in [-0.2, -0.15) is 5.10 Å². The Labute approximate surface area is 150 Å². The number of fused-ring (bicyclic) bond motifs is 1. The third kappa shape index (κ3) is 4.30. The molecule has 1 aromatic heterocycles. The van der Waals surface area contributed by atoms with Crippen LogP contribution >= 0.6 is 11.6 Å². The molecular weight excluding hydrogens is 342 g/mol. The van der Waals surface area contributed by atoms with Crippen molar-refractivity contribution in [1.82, 2.24) is 20.4 Å². The molecule has 2 aromatic rings. The van der Waals surface area contributed by atoms with Crippen LogP contribution in [0.25, 0.3) is 0 Å². The largest absolute Gasteiger partial charge is 0.331 e. The molecule has 0 aliphatic heterocycles. The maximum Gasteiger partial charge on any atom is 0.315 e. The molecule has 0 bridgehead atoms. The molecule has 1 heterocycles. The third-order valence-corrected chi connectivity index (χ3v) is 4.47. The number of halogens is 1. The van der Waals surface area contributed by atoms with E-state index >= 15 is 0 Å². The fraction of sp³-hybridized carbons (Fsp3) is 0.353. The highest BCUT2D eigenvalue weighted by atomic mass is 35.5. The third-order valence-electron chi connectivity index (χ3n) is 4.22. The van der Waals surface area contributed by atoms with Crippen LogP contribution < -0.4 is 16.0 Å². The molecule has 3 amide bonds. The monoisotopic (exact) mass is 361 g/mol. The zero-order valence-electron chi connectivity index (χ0n) is 13.9. The van der Waals surface area contributed by atoms with E-state index in [1.54, 1.807) is 30.5 Å². The van der Waals surface area contributed by atoms with Gasteiger partial charge in [0.15, 0.2) is 0 Å². The lowest BCUT2D eigenvalue weighted by molar-refractivity contribution is -0.115. The second-order valence-electron chi connectivity index (χ2n) is 6.00. The van der Waals surface area contributed by atoms with E-state index in [2.05, 4.69) is 21.0 Å². The molecule has 1 aliphatic rings. The van der Waals surface area contributed by atoms with Crippen molar-refractivity contribution < 1.29 is 9.59 Å². The number of anilines is 1. The average Bonchev–Trinajstić information content (AvgIpc) is 2.98. The highest BCUT2D eigenvalue weighted by Crippen LogP contribution is 2.28. The molecule has 0 fully saturated rings. The highest BCUT2D eigenvalue weighted by molar-refractivity contribution is 6.30. The summed E-state index contributed by atoms with van der Waals surface area (Å²) in [6.45, 7) is -0.110. The van der Waals surface area contributed by atoms with E-state index in [1.807, 2.05) is 11.7 Å². The van der Waals surface area contributed by atoms with Crippen molar-refractivity contribution in [2.24, 2.45) is 7.05 Å². The highest BCUT2D eigenvalue weighted by Gasteiger charge is 2.24. The van der Waals surface area contributed by atoms with Gasteiger partial charge >= 0.3 is 6.03 Å². The zero-order valence-corrected chi connectivity index (χ0v) is 14.6. The normalized spacial score (nSPS) is 16.0. The Morgan fingerprint density at radius 1 is 1.32 bits per heavy atom. The quantitative estimate of drug-likeness (QED) is 0.781. The van der Waals surface area contributed by atoms with Crippen molar-refractivity contribution >= 4 is 29.2 Å². The first kappa shape index (κ1) is 17.3. The van der Waals surface area contributed by atoms with Crippen LogP contribution in [0.5, 0.6) is 0 Å². The molecular formula is C17H20ClN5O2. The van der Waals surface area contributed by atoms with Crippen molar-refractivity contribution in [3.63, 3.8) is 0 Å². The number of rotatable bonds is 4. The maximum atomic E-state index is 12.1. The van der Waals surface area contributed by atoms with E-state index in [-0.39, 0.29) is 24.5 Å². The smallest absolute Gasteiger partial charge is 0.315 e. The van der Waals surface area contributed by atoms with Gasteiger partial charge in [0.25, 0.3) is 0 Å². The molecule has 8 heteroatoms. The van der Waals surface area contributed by atoms with Gasteiger partial charge in [0.05, 0.1) is 18.8 Å². The molecule has 0 spiro atoms. The predicted octanol–water partition coefficient (Wildman–Crippen LogP) is 2.39. The fourth-order valence-electron chi connectivity index (χ4n) is 2.96. The summed E-state index contributed by atoms with van der Waals surface area (Å²) >= 11 is 5.80. The van der Waals surface area contributed by atoms with Gasteiger partial charge in [0, 0.05) is 29.0 Å². The van der Waals surface area contributed by atoms with Gasteiger partial charge in [0.2, 0.25) is 5.91 Å². The maximum absolute atomic E-state index is 12.1. The molecule has 3 N–H and O–H groups in total. The van der Waals surface area contributed by atoms with Gasteiger partial charge in [-0.1, -0.05) is 11.6 Å². The Bertz CT molecular complexity index is 772. The lowest BCUT2D eigenvalue weighted by atomic mass is 9.93. The van der Waals surface area contributed by atoms with Crippen molar-refractivity contribution in [1.29, 1.82) is 0 Å². The van der Waals surface area contributed by atoms with Gasteiger partial charge in [-0.15, -0.1) is 0 Å². The number of benzene rings is 1. The van der Waals surface area contributed by atoms with E-state index in [0.29, 0.717) is 10.7 Å². The van der Waals surface area contributed by atoms with Crippen LogP contribution in [0.1, 0.15) is 30.1 Å². The van der Waals surface area contributed by atoms with Gasteiger partial charge < -0.3 is 16.0 Å². The number of aromatic nitrogens is 2. The van der Waals surface area contributed by atoms with Crippen LogP contribution in [0.3, 0.4) is 0 Å². The number of amides is 3. The summed E-state index contributed by atoms with van der Waals surface area (Å²) in [4.78, 5) is 24.0. The Hall–Kier alpha value is -2.54. The number of urea groups is 1. The summed E-state index contributed by atoms with van der Waals surface area (Å²) in [5, 5.41) is 13.0. The summed E-state index contributed by atoms with van der Waals surface area (Å²) in [5.74, 6) is -0.303. The minimum atomic E-state index is -0.368. The Kier molecular flexibility index (Phi) is 5.23. The second kappa shape index (κ2) is 7.57. The summed E-state index contributed by atoms with van der Waals surface area (Å²) in [7, 11) is 1.91. The Morgan fingerprint density at radius 2 is 2.08 bits per heavy atom. The molecule has 1 atom stereocenters. The molecule has 1 aliphatic carbocycles. The molecule has 132 valence electrons. The first-order valence-electron chi connectivity index (χ1n) is 8.13. The van der Waals surface area contributed by atoms with Gasteiger partial charge in [0.1, 0.15) is 0 Å². The first-order chi connectivity index (χ1) is 12.0. The summed E-state index contributed by atoms with van der Waals surface area (Å²) in [6.07, 6.45) is 4.62. The molecule has 7 nitrogen and oxygen atoms in total. The van der Waals surface area contributed by atoms with Crippen molar-refractivity contribution in [2.45, 2.75) is 25.3 Å². The van der Waals surface area contributed by atoms with Crippen LogP contribution in [-0.4, -0.2) is 28.3 Å². The van der Waals surface area contributed by atoms with Crippen LogP contribution in [0.15, 0.2) is 30.5 Å². The molecule has 0 saturated heterocycles. The number of nitrogens with one attached hydrogen (secondary N) is 3. The average molecular weight is 362 g/mol. The number of hydrogen-bond acceptors (Lipinski definition) is 3. The molecule has 1 aromatic carbocycles. The van der Waals surface area contributed by atoms with E-state index in [9.17, 15) is 9.59 Å². The summed E-state index contributed by atoms with van der Waals surface area (Å²) in [6, 6.07) is 6.33. The molecule has 0 radical (unpaired) electrons. The Balaban J connectivity index is 1.48. The topological polar surface area (TPSA) is 88.1 Å². The Morgan fingerprint density at radius 3 is 2.84 bits per heavy atom. The minimum absolute atomic E-state index is 0.0724. The lowest BCUT2D eigenvalue weighted by Crippen LogP contribution is -2.42. The van der Waals surface area contributed by atoms with Crippen LogP contribution in [0, 0.1) is 0 Å². The first-order valence-corrected chi connectivity index (χ1v) is 8.51. The molecule has 25 heavy (non-hydrogen) atoms. The second-order valence-corrected chi connectivity index (χ2v) is 6.43. The van der Waals surface area contributed by atoms with E-state index in [4.69, 9.17) is 11.6 Å². The van der Waals surface area contributed by atoms with Gasteiger partial charge in [-0.25, -0.2) is 4.79 Å². The van der Waals surface area contributed by atoms with Crippen molar-refractivity contribution in [3.8, 4) is 0 Å². The number of nitrogens with zero attached hydrogens (tertiary/aromatic N) is 2. The van der Waals surface area contributed by atoms with Crippen LogP contribution in [0.2, 0.25) is 5.02 Å². The van der Waals surface area contributed by atoms with E-state index in [0.717, 1.165) is 30.5 Å². The van der Waals surface area contributed by atoms with Crippen molar-refractivity contribution in [3.05, 3.63) is 46.7 Å². The van der Waals surface area contributed by atoms with Gasteiger partial charge in [-0.05, 0) is 43.5 Å². The number of carbonyl (C=O) groups excluding carboxylic acids is 2. The summed E-state index contributed by atoms with van der Waals surface area (Å²) < 4.78 is 1.85. The number of carbonyl (C=O) groups is 2. The van der Waals surface area contributed by atoms with E-state index < -0.39 is 0 Å². The SMILES string of the molecule is Cn1ncc2c1CCCC2NC(=O)NCC(=O)Nc1ccc(Cl)cc1. The lowest BCUT2D eigenvalue weighted by Gasteiger charge is -2.23. The van der Waals surface area contributed by atoms with Crippen molar-refractivity contribution in [2.75, 3.05) is 11.9 Å². The van der Waals surface area contributed by atoms with Crippen LogP contribution in [0.4, 0.5) is 10.5 Å². The molecule has 3 rings (SSSR count). The van der Waals surface area contributed by atoms with Gasteiger partial charge in [-0.3, -0.25) is 9.48 Å². The molecule has 0 saturated carbocycles. The number of aryl methyl sites for hydroxylation is 1. The summed E-state index contributed by atoms with van der Waals surface area (Å²) in [5.41, 5.74) is 2.83. The number of hydrogen-bond donors (Lipinski definition) is 3. The minimum Gasteiger partial charge on any atom is -0.331 e. The predicted molar refractivity (Wildman–Crippen MR) is 95.5 cm³/mol. The fourth-order valence-corrected chi connectivity index (χ4v) is 3.09. The standard InChI is InChI=1S/C17H20ClN5O2/c1-23-15-4-2-3-14(13(15)9-20-23)22-17(25)19-10-16(24)21-12-7-5-11(18)6-8-12/h5-9,14H,2-4,10H2,1H3,(H,21,24)(H2,19,22,25).